The minimum atomic E-state index is 0.474. The van der Waals surface area contributed by atoms with Crippen molar-refractivity contribution < 1.29 is 0 Å². The van der Waals surface area contributed by atoms with Crippen molar-refractivity contribution >= 4 is 70.8 Å². The van der Waals surface area contributed by atoms with Gasteiger partial charge < -0.3 is 9.13 Å². The minimum absolute atomic E-state index is 0.474. The maximum Gasteiger partial charge on any atom is 0.234 e. The average molecular weight is 711 g/mol. The lowest BCUT2D eigenvalue weighted by Crippen LogP contribution is -2.01. The van der Waals surface area contributed by atoms with Gasteiger partial charge >= 0.3 is 0 Å². The Bertz CT molecular complexity index is 3270. The third-order valence-electron chi connectivity index (χ3n) is 11.3. The van der Waals surface area contributed by atoms with E-state index in [-0.39, 0.29) is 0 Å². The van der Waals surface area contributed by atoms with Crippen LogP contribution in [-0.2, 0) is 0 Å². The second-order valence-corrected chi connectivity index (χ2v) is 14.3. The number of rotatable bonds is 4. The Hall–Kier alpha value is -7.92. The predicted octanol–water partition coefficient (Wildman–Crippen LogP) is 13.9. The largest absolute Gasteiger partial charge is 0.319 e. The molecule has 0 saturated heterocycles. The number of nitrogens with zero attached hydrogens (tertiary/aromatic N) is 4. The van der Waals surface area contributed by atoms with E-state index in [2.05, 4.69) is 178 Å². The molecule has 2 aromatic heterocycles. The van der Waals surface area contributed by atoms with Crippen LogP contribution >= 0.6 is 0 Å². The van der Waals surface area contributed by atoms with E-state index in [0.717, 1.165) is 87.4 Å². The van der Waals surface area contributed by atoms with Crippen LogP contribution in [0.3, 0.4) is 0 Å². The van der Waals surface area contributed by atoms with E-state index >= 15 is 0 Å². The number of aromatic nitrogens is 2. The first-order chi connectivity index (χ1) is 27.7. The molecule has 4 heteroatoms. The number of fused-ring (bicyclic) bond motifs is 10. The van der Waals surface area contributed by atoms with Crippen molar-refractivity contribution in [2.75, 3.05) is 0 Å². The Kier molecular flexibility index (Phi) is 6.95. The average Bonchev–Trinajstić information content (AvgIpc) is 3.79. The van der Waals surface area contributed by atoms with Crippen molar-refractivity contribution in [3.63, 3.8) is 0 Å². The molecular formula is C52H30N4. The van der Waals surface area contributed by atoms with Gasteiger partial charge in [0.1, 0.15) is 0 Å². The van der Waals surface area contributed by atoms with Gasteiger partial charge in [-0.05, 0) is 92.3 Å². The first kappa shape index (κ1) is 31.6. The van der Waals surface area contributed by atoms with E-state index < -0.39 is 0 Å². The lowest BCUT2D eigenvalue weighted by Gasteiger charge is -2.17. The lowest BCUT2D eigenvalue weighted by molar-refractivity contribution is 1.14. The molecule has 0 amide bonds. The highest BCUT2D eigenvalue weighted by Crippen LogP contribution is 2.45. The van der Waals surface area contributed by atoms with Gasteiger partial charge in [-0.25, -0.2) is 4.85 Å². The summed E-state index contributed by atoms with van der Waals surface area (Å²) < 4.78 is 4.39. The molecule has 0 spiro atoms. The van der Waals surface area contributed by atoms with Gasteiger partial charge in [0, 0.05) is 21.5 Å². The summed E-state index contributed by atoms with van der Waals surface area (Å²) in [6.07, 6.45) is 0. The highest BCUT2D eigenvalue weighted by atomic mass is 15.0. The zero-order valence-corrected chi connectivity index (χ0v) is 30.1. The van der Waals surface area contributed by atoms with Crippen LogP contribution in [0.5, 0.6) is 0 Å². The van der Waals surface area contributed by atoms with Crippen molar-refractivity contribution in [2.24, 2.45) is 0 Å². The van der Waals surface area contributed by atoms with Gasteiger partial charge in [-0.2, -0.15) is 5.26 Å². The molecule has 0 N–H and O–H groups in total. The minimum Gasteiger partial charge on any atom is -0.319 e. The number of hydrogen-bond donors (Lipinski definition) is 0. The summed E-state index contributed by atoms with van der Waals surface area (Å²) in [6, 6.07) is 65.8. The van der Waals surface area contributed by atoms with Gasteiger partial charge in [0.05, 0.1) is 51.6 Å². The standard InChI is InChI=1S/C52H30N4/c1-54-52-48(55-44-24-22-38(34-12-4-2-5-13-34)30-42(44)50-40-18-10-8-16-36(40)20-26-46(50)55)28-33(32-53)29-49(52)56-45-25-23-39(35-14-6-3-7-15-35)31-43(45)51-41-19-11-9-17-37(41)21-27-47(51)56/h2-31H. The monoisotopic (exact) mass is 710 g/mol. The van der Waals surface area contributed by atoms with E-state index in [9.17, 15) is 5.26 Å². The molecule has 0 atom stereocenters. The first-order valence-electron chi connectivity index (χ1n) is 18.7. The Morgan fingerprint density at radius 2 is 0.839 bits per heavy atom. The molecule has 0 aliphatic carbocycles. The topological polar surface area (TPSA) is 38.0 Å². The number of nitriles is 1. The Morgan fingerprint density at radius 3 is 1.29 bits per heavy atom. The van der Waals surface area contributed by atoms with E-state index in [4.69, 9.17) is 6.57 Å². The lowest BCUT2D eigenvalue weighted by atomic mass is 10.0. The molecule has 11 aromatic rings. The summed E-state index contributed by atoms with van der Waals surface area (Å²) in [6.45, 7) is 8.86. The van der Waals surface area contributed by atoms with Crippen LogP contribution in [0.2, 0.25) is 0 Å². The molecule has 0 aliphatic rings. The molecule has 2 heterocycles. The van der Waals surface area contributed by atoms with Gasteiger partial charge in [-0.3, -0.25) is 0 Å². The van der Waals surface area contributed by atoms with Crippen molar-refractivity contribution in [3.8, 4) is 39.7 Å². The zero-order valence-electron chi connectivity index (χ0n) is 30.1. The summed E-state index contributed by atoms with van der Waals surface area (Å²) in [5.74, 6) is 0. The quantitative estimate of drug-likeness (QED) is 0.168. The van der Waals surface area contributed by atoms with Crippen molar-refractivity contribution in [2.45, 2.75) is 0 Å². The Balaban J connectivity index is 1.26. The fraction of sp³-hybridized carbons (Fsp3) is 0. The van der Waals surface area contributed by atoms with Crippen LogP contribution in [-0.4, -0.2) is 9.13 Å². The molecule has 9 aromatic carbocycles. The summed E-state index contributed by atoms with van der Waals surface area (Å²) >= 11 is 0. The molecule has 56 heavy (non-hydrogen) atoms. The second-order valence-electron chi connectivity index (χ2n) is 14.3. The van der Waals surface area contributed by atoms with E-state index in [0.29, 0.717) is 22.6 Å². The third-order valence-corrected chi connectivity index (χ3v) is 11.3. The van der Waals surface area contributed by atoms with Crippen molar-refractivity contribution in [1.29, 1.82) is 5.26 Å². The summed E-state index contributed by atoms with van der Waals surface area (Å²) in [4.78, 5) is 4.34. The molecule has 0 radical (unpaired) electrons. The maximum atomic E-state index is 10.7. The molecule has 0 unspecified atom stereocenters. The highest BCUT2D eigenvalue weighted by molar-refractivity contribution is 6.23. The van der Waals surface area contributed by atoms with Crippen LogP contribution < -0.4 is 0 Å². The summed E-state index contributed by atoms with van der Waals surface area (Å²) in [7, 11) is 0. The van der Waals surface area contributed by atoms with E-state index in [1.807, 2.05) is 24.3 Å². The molecule has 0 fully saturated rings. The molecule has 0 aliphatic heterocycles. The van der Waals surface area contributed by atoms with Gasteiger partial charge in [0.25, 0.3) is 0 Å². The smallest absolute Gasteiger partial charge is 0.234 e. The molecular weight excluding hydrogens is 681 g/mol. The van der Waals surface area contributed by atoms with Gasteiger partial charge in [0.2, 0.25) is 5.69 Å². The van der Waals surface area contributed by atoms with Crippen LogP contribution in [0.15, 0.2) is 182 Å². The maximum absolute atomic E-state index is 10.7. The third kappa shape index (κ3) is 4.64. The fourth-order valence-electron chi connectivity index (χ4n) is 8.84. The predicted molar refractivity (Wildman–Crippen MR) is 232 cm³/mol. The summed E-state index contributed by atoms with van der Waals surface area (Å²) in [5.41, 5.74) is 10.7. The van der Waals surface area contributed by atoms with E-state index in [1.54, 1.807) is 0 Å². The highest BCUT2D eigenvalue weighted by Gasteiger charge is 2.24. The van der Waals surface area contributed by atoms with Gasteiger partial charge in [-0.1, -0.05) is 133 Å². The van der Waals surface area contributed by atoms with Gasteiger partial charge in [0.15, 0.2) is 0 Å². The molecule has 11 rings (SSSR count). The van der Waals surface area contributed by atoms with Gasteiger partial charge in [-0.15, -0.1) is 0 Å². The zero-order chi connectivity index (χ0) is 37.3. The normalized spacial score (nSPS) is 11.5. The Labute approximate surface area is 322 Å². The summed E-state index contributed by atoms with van der Waals surface area (Å²) in [5, 5.41) is 19.7. The second kappa shape index (κ2) is 12.3. The SMILES string of the molecule is [C-]#[N+]c1c(-n2c3ccc(-c4ccccc4)cc3c3c4ccccc4ccc32)cc(C#N)cc1-n1c2ccc(-c3ccccc3)cc2c2c3ccccc3ccc21. The van der Waals surface area contributed by atoms with Crippen LogP contribution in [0.25, 0.3) is 104 Å². The number of hydrogen-bond acceptors (Lipinski definition) is 1. The Morgan fingerprint density at radius 1 is 0.411 bits per heavy atom. The van der Waals surface area contributed by atoms with Crippen LogP contribution in [0.1, 0.15) is 5.56 Å². The molecule has 0 bridgehead atoms. The van der Waals surface area contributed by atoms with Crippen molar-refractivity contribution in [3.05, 3.63) is 199 Å². The fourth-order valence-corrected chi connectivity index (χ4v) is 8.84. The first-order valence-corrected chi connectivity index (χ1v) is 18.7. The van der Waals surface area contributed by atoms with Crippen LogP contribution in [0, 0.1) is 17.9 Å². The van der Waals surface area contributed by atoms with E-state index in [1.165, 1.54) is 0 Å². The van der Waals surface area contributed by atoms with Crippen LogP contribution in [0.4, 0.5) is 5.69 Å². The molecule has 258 valence electrons. The molecule has 0 saturated carbocycles. The molecule has 4 nitrogen and oxygen atoms in total. The number of benzene rings is 9. The van der Waals surface area contributed by atoms with Crippen molar-refractivity contribution in [1.82, 2.24) is 9.13 Å².